The molecule has 8 heteroatoms. The molecule has 6 nitrogen and oxygen atoms in total. The predicted molar refractivity (Wildman–Crippen MR) is 121 cm³/mol. The van der Waals surface area contributed by atoms with Gasteiger partial charge >= 0.3 is 0 Å². The van der Waals surface area contributed by atoms with Gasteiger partial charge in [-0.15, -0.1) is 10.2 Å². The smallest absolute Gasteiger partial charge is 0.231 e. The van der Waals surface area contributed by atoms with E-state index in [-0.39, 0.29) is 23.5 Å². The van der Waals surface area contributed by atoms with Gasteiger partial charge in [0.1, 0.15) is 17.9 Å². The number of thioether (sulfide) groups is 1. The number of benzene rings is 3. The summed E-state index contributed by atoms with van der Waals surface area (Å²) in [5.74, 6) is 0.284. The fraction of sp³-hybridized carbons (Fsp3) is 0.125. The topological polar surface area (TPSA) is 69.0 Å². The first-order chi connectivity index (χ1) is 15.7. The number of methoxy groups -OCH3 is 1. The molecule has 32 heavy (non-hydrogen) atoms. The Balaban J connectivity index is 1.49. The van der Waals surface area contributed by atoms with Crippen LogP contribution in [0.2, 0.25) is 0 Å². The quantitative estimate of drug-likeness (QED) is 0.404. The second-order valence-corrected chi connectivity index (χ2v) is 7.85. The van der Waals surface area contributed by atoms with Gasteiger partial charge in [0.2, 0.25) is 5.91 Å². The third kappa shape index (κ3) is 4.97. The summed E-state index contributed by atoms with van der Waals surface area (Å²) in [6.45, 7) is 0. The standard InChI is InChI=1S/C24H21FN4O2S/c1-31-19-13-11-18(12-14-19)23(17-7-3-2-4-8-17)27-22(30)15-32-24-28-26-16-29(24)21-10-6-5-9-20(21)25/h2-14,16,23H,15H2,1H3,(H,27,30)/t23-/m0/s1. The van der Waals surface area contributed by atoms with Gasteiger partial charge in [-0.05, 0) is 35.4 Å². The van der Waals surface area contributed by atoms with E-state index >= 15 is 0 Å². The molecule has 4 rings (SSSR count). The Morgan fingerprint density at radius 1 is 1.03 bits per heavy atom. The molecular weight excluding hydrogens is 427 g/mol. The lowest BCUT2D eigenvalue weighted by atomic mass is 9.98. The van der Waals surface area contributed by atoms with Crippen molar-refractivity contribution in [2.24, 2.45) is 0 Å². The molecule has 0 aliphatic heterocycles. The van der Waals surface area contributed by atoms with Crippen LogP contribution in [0.15, 0.2) is 90.3 Å². The molecule has 0 aliphatic rings. The number of hydrogen-bond donors (Lipinski definition) is 1. The Labute approximate surface area is 189 Å². The van der Waals surface area contributed by atoms with Crippen LogP contribution in [-0.4, -0.2) is 33.5 Å². The minimum atomic E-state index is -0.387. The average molecular weight is 449 g/mol. The van der Waals surface area contributed by atoms with Gasteiger partial charge in [0.15, 0.2) is 5.16 Å². The van der Waals surface area contributed by atoms with Crippen LogP contribution >= 0.6 is 11.8 Å². The number of nitrogens with one attached hydrogen (secondary N) is 1. The van der Waals surface area contributed by atoms with Gasteiger partial charge in [-0.2, -0.15) is 0 Å². The Morgan fingerprint density at radius 2 is 1.72 bits per heavy atom. The summed E-state index contributed by atoms with van der Waals surface area (Å²) in [6, 6.07) is 23.4. The minimum absolute atomic E-state index is 0.104. The fourth-order valence-electron chi connectivity index (χ4n) is 3.27. The highest BCUT2D eigenvalue weighted by atomic mass is 32.2. The van der Waals surface area contributed by atoms with Gasteiger partial charge in [-0.1, -0.05) is 66.4 Å². The number of amides is 1. The Bertz CT molecular complexity index is 1180. The van der Waals surface area contributed by atoms with E-state index in [9.17, 15) is 9.18 Å². The molecule has 0 aliphatic carbocycles. The molecule has 0 unspecified atom stereocenters. The molecule has 0 spiro atoms. The van der Waals surface area contributed by atoms with E-state index in [0.29, 0.717) is 10.8 Å². The second kappa shape index (κ2) is 10.1. The van der Waals surface area contributed by atoms with E-state index in [1.54, 1.807) is 25.3 Å². The normalized spacial score (nSPS) is 11.7. The number of halogens is 1. The molecular formula is C24H21FN4O2S. The van der Waals surface area contributed by atoms with Crippen LogP contribution in [-0.2, 0) is 4.79 Å². The number of carbonyl (C=O) groups excluding carboxylic acids is 1. The van der Waals surface area contributed by atoms with Crippen molar-refractivity contribution in [3.63, 3.8) is 0 Å². The monoisotopic (exact) mass is 448 g/mol. The average Bonchev–Trinajstić information content (AvgIpc) is 3.30. The molecule has 0 bridgehead atoms. The van der Waals surface area contributed by atoms with Crippen molar-refractivity contribution < 1.29 is 13.9 Å². The van der Waals surface area contributed by atoms with E-state index in [1.165, 1.54) is 28.7 Å². The van der Waals surface area contributed by atoms with Crippen LogP contribution in [0.5, 0.6) is 5.75 Å². The lowest BCUT2D eigenvalue weighted by molar-refractivity contribution is -0.119. The first-order valence-electron chi connectivity index (χ1n) is 9.91. The third-order valence-electron chi connectivity index (χ3n) is 4.85. The maximum absolute atomic E-state index is 14.2. The molecule has 1 aromatic heterocycles. The number of ether oxygens (including phenoxy) is 1. The first kappa shape index (κ1) is 21.6. The molecule has 1 heterocycles. The highest BCUT2D eigenvalue weighted by molar-refractivity contribution is 7.99. The zero-order chi connectivity index (χ0) is 22.3. The first-order valence-corrected chi connectivity index (χ1v) is 10.9. The Hall–Kier alpha value is -3.65. The van der Waals surface area contributed by atoms with E-state index < -0.39 is 0 Å². The number of hydrogen-bond acceptors (Lipinski definition) is 5. The van der Waals surface area contributed by atoms with Crippen molar-refractivity contribution in [1.29, 1.82) is 0 Å². The SMILES string of the molecule is COc1ccc([C@@H](NC(=O)CSc2nncn2-c2ccccc2F)c2ccccc2)cc1. The highest BCUT2D eigenvalue weighted by Gasteiger charge is 2.18. The number of aromatic nitrogens is 3. The fourth-order valence-corrected chi connectivity index (χ4v) is 4.00. The summed E-state index contributed by atoms with van der Waals surface area (Å²) in [6.07, 6.45) is 1.43. The molecule has 0 fully saturated rings. The van der Waals surface area contributed by atoms with Crippen LogP contribution in [0.1, 0.15) is 17.2 Å². The Morgan fingerprint density at radius 3 is 2.44 bits per heavy atom. The molecule has 162 valence electrons. The van der Waals surface area contributed by atoms with Crippen molar-refractivity contribution >= 4 is 17.7 Å². The van der Waals surface area contributed by atoms with Gasteiger partial charge < -0.3 is 10.1 Å². The molecule has 0 saturated heterocycles. The molecule has 1 N–H and O–H groups in total. The van der Waals surface area contributed by atoms with E-state index in [2.05, 4.69) is 15.5 Å². The molecule has 3 aromatic carbocycles. The summed E-state index contributed by atoms with van der Waals surface area (Å²) < 4.78 is 20.9. The number of nitrogens with zero attached hydrogens (tertiary/aromatic N) is 3. The summed E-state index contributed by atoms with van der Waals surface area (Å²) in [4.78, 5) is 12.8. The van der Waals surface area contributed by atoms with Crippen molar-refractivity contribution in [2.75, 3.05) is 12.9 Å². The van der Waals surface area contributed by atoms with Crippen molar-refractivity contribution in [2.45, 2.75) is 11.2 Å². The van der Waals surface area contributed by atoms with Gasteiger partial charge in [-0.3, -0.25) is 9.36 Å². The minimum Gasteiger partial charge on any atom is -0.497 e. The van der Waals surface area contributed by atoms with Gasteiger partial charge in [0.05, 0.1) is 24.6 Å². The van der Waals surface area contributed by atoms with Crippen molar-refractivity contribution in [1.82, 2.24) is 20.1 Å². The van der Waals surface area contributed by atoms with Crippen LogP contribution in [0.25, 0.3) is 5.69 Å². The van der Waals surface area contributed by atoms with Crippen LogP contribution in [0, 0.1) is 5.82 Å². The van der Waals surface area contributed by atoms with E-state index in [1.807, 2.05) is 54.6 Å². The third-order valence-corrected chi connectivity index (χ3v) is 5.79. The van der Waals surface area contributed by atoms with Crippen molar-refractivity contribution in [3.8, 4) is 11.4 Å². The van der Waals surface area contributed by atoms with E-state index in [0.717, 1.165) is 16.9 Å². The molecule has 0 radical (unpaired) electrons. The molecule has 1 atom stereocenters. The van der Waals surface area contributed by atoms with Gasteiger partial charge in [0.25, 0.3) is 0 Å². The number of para-hydroxylation sites is 1. The molecule has 0 saturated carbocycles. The maximum Gasteiger partial charge on any atom is 0.231 e. The Kier molecular flexibility index (Phi) is 6.81. The summed E-state index contributed by atoms with van der Waals surface area (Å²) in [7, 11) is 1.61. The predicted octanol–water partition coefficient (Wildman–Crippen LogP) is 4.41. The number of carbonyl (C=O) groups is 1. The van der Waals surface area contributed by atoms with Crippen LogP contribution in [0.3, 0.4) is 0 Å². The largest absolute Gasteiger partial charge is 0.497 e. The van der Waals surface area contributed by atoms with Gasteiger partial charge in [-0.25, -0.2) is 4.39 Å². The lowest BCUT2D eigenvalue weighted by Gasteiger charge is -2.20. The summed E-state index contributed by atoms with van der Waals surface area (Å²) >= 11 is 1.19. The van der Waals surface area contributed by atoms with E-state index in [4.69, 9.17) is 4.74 Å². The van der Waals surface area contributed by atoms with Crippen molar-refractivity contribution in [3.05, 3.63) is 102 Å². The molecule has 4 aromatic rings. The molecule has 1 amide bonds. The van der Waals surface area contributed by atoms with Crippen LogP contribution in [0.4, 0.5) is 4.39 Å². The number of rotatable bonds is 8. The lowest BCUT2D eigenvalue weighted by Crippen LogP contribution is -2.30. The summed E-state index contributed by atoms with van der Waals surface area (Å²) in [5.41, 5.74) is 2.23. The summed E-state index contributed by atoms with van der Waals surface area (Å²) in [5, 5.41) is 11.4. The maximum atomic E-state index is 14.2. The van der Waals surface area contributed by atoms with Gasteiger partial charge in [0, 0.05) is 0 Å². The second-order valence-electron chi connectivity index (χ2n) is 6.91. The highest BCUT2D eigenvalue weighted by Crippen LogP contribution is 2.25. The zero-order valence-corrected chi connectivity index (χ0v) is 18.1. The zero-order valence-electron chi connectivity index (χ0n) is 17.3. The van der Waals surface area contributed by atoms with Crippen LogP contribution < -0.4 is 10.1 Å².